The highest BCUT2D eigenvalue weighted by molar-refractivity contribution is 5.56. The quantitative estimate of drug-likeness (QED) is 0.457. The fraction of sp³-hybridized carbons (Fsp3) is 0.367. The van der Waals surface area contributed by atoms with Crippen LogP contribution in [-0.2, 0) is 16.1 Å². The van der Waals surface area contributed by atoms with E-state index < -0.39 is 0 Å². The molecule has 0 unspecified atom stereocenters. The van der Waals surface area contributed by atoms with Crippen LogP contribution >= 0.6 is 0 Å². The number of benzene rings is 3. The number of phenolic OH excluding ortho intramolecular Hbond substituents is 1. The number of carbonyl (C=O) groups excluding carboxylic acids is 1. The van der Waals surface area contributed by atoms with Crippen molar-refractivity contribution < 1.29 is 14.6 Å². The number of piperidine rings is 1. The fourth-order valence-corrected chi connectivity index (χ4v) is 5.57. The van der Waals surface area contributed by atoms with E-state index >= 15 is 0 Å². The molecule has 34 heavy (non-hydrogen) atoms. The normalized spacial score (nSPS) is 20.9. The molecule has 2 aliphatic heterocycles. The molecule has 1 saturated heterocycles. The van der Waals surface area contributed by atoms with Crippen LogP contribution in [0.4, 0.5) is 5.69 Å². The van der Waals surface area contributed by atoms with Gasteiger partial charge in [0.05, 0.1) is 12.7 Å². The summed E-state index contributed by atoms with van der Waals surface area (Å²) in [5.74, 6) is 0.915. The molecule has 4 heteroatoms. The zero-order valence-corrected chi connectivity index (χ0v) is 20.0. The molecule has 1 fully saturated rings. The molecular weight excluding hydrogens is 422 g/mol. The van der Waals surface area contributed by atoms with Crippen molar-refractivity contribution in [3.63, 3.8) is 0 Å². The van der Waals surface area contributed by atoms with Crippen LogP contribution in [0.5, 0.6) is 5.75 Å². The molecule has 2 aliphatic rings. The second-order valence-corrected chi connectivity index (χ2v) is 9.93. The molecule has 4 nitrogen and oxygen atoms in total. The van der Waals surface area contributed by atoms with E-state index in [0.717, 1.165) is 37.8 Å². The zero-order valence-electron chi connectivity index (χ0n) is 20.0. The van der Waals surface area contributed by atoms with Gasteiger partial charge in [-0.25, -0.2) is 0 Å². The Bertz CT molecular complexity index is 1150. The molecule has 0 aliphatic carbocycles. The lowest BCUT2D eigenvalue weighted by Gasteiger charge is -2.36. The lowest BCUT2D eigenvalue weighted by Crippen LogP contribution is -2.34. The van der Waals surface area contributed by atoms with E-state index in [0.29, 0.717) is 12.5 Å². The Balaban J connectivity index is 1.52. The van der Waals surface area contributed by atoms with Crippen LogP contribution in [0.1, 0.15) is 72.4 Å². The van der Waals surface area contributed by atoms with Gasteiger partial charge in [-0.3, -0.25) is 0 Å². The maximum Gasteiger partial charge on any atom is 0.123 e. The number of hydrogen-bond acceptors (Lipinski definition) is 4. The van der Waals surface area contributed by atoms with E-state index in [1.54, 1.807) is 6.07 Å². The van der Waals surface area contributed by atoms with E-state index in [1.807, 2.05) is 6.07 Å². The summed E-state index contributed by atoms with van der Waals surface area (Å²) in [4.78, 5) is 13.5. The van der Waals surface area contributed by atoms with Crippen LogP contribution in [0.3, 0.4) is 0 Å². The Morgan fingerprint density at radius 1 is 0.971 bits per heavy atom. The van der Waals surface area contributed by atoms with Crippen molar-refractivity contribution in [2.45, 2.75) is 51.2 Å². The maximum atomic E-state index is 11.1. The fourth-order valence-electron chi connectivity index (χ4n) is 5.57. The largest absolute Gasteiger partial charge is 0.508 e. The number of rotatable bonds is 5. The van der Waals surface area contributed by atoms with Crippen molar-refractivity contribution in [2.75, 3.05) is 18.0 Å². The van der Waals surface area contributed by atoms with Crippen LogP contribution < -0.4 is 4.90 Å². The number of ether oxygens (including phenoxy) is 1. The highest BCUT2D eigenvalue weighted by atomic mass is 16.5. The minimum atomic E-state index is -0.0928. The molecule has 2 heterocycles. The summed E-state index contributed by atoms with van der Waals surface area (Å²) in [6, 6.07) is 23.1. The topological polar surface area (TPSA) is 49.8 Å². The Morgan fingerprint density at radius 2 is 1.71 bits per heavy atom. The van der Waals surface area contributed by atoms with E-state index in [2.05, 4.69) is 73.3 Å². The molecule has 3 aromatic carbocycles. The third kappa shape index (κ3) is 4.35. The van der Waals surface area contributed by atoms with E-state index in [1.165, 1.54) is 27.9 Å². The number of carbonyl (C=O) groups is 1. The Hall–Kier alpha value is -3.11. The van der Waals surface area contributed by atoms with Gasteiger partial charge in [-0.05, 0) is 70.8 Å². The molecule has 0 bridgehead atoms. The molecule has 0 saturated carbocycles. The van der Waals surface area contributed by atoms with Gasteiger partial charge in [-0.15, -0.1) is 0 Å². The summed E-state index contributed by atoms with van der Waals surface area (Å²) in [5, 5.41) is 10.1. The van der Waals surface area contributed by atoms with Crippen LogP contribution in [0.25, 0.3) is 0 Å². The Labute approximate surface area is 202 Å². The number of aromatic hydroxyl groups is 1. The molecule has 2 atom stereocenters. The average molecular weight is 456 g/mol. The molecule has 0 aromatic heterocycles. The van der Waals surface area contributed by atoms with Gasteiger partial charge in [0.15, 0.2) is 0 Å². The minimum absolute atomic E-state index is 0.0408. The number of fused-ring (bicyclic) bond motifs is 1. The first-order chi connectivity index (χ1) is 16.5. The molecule has 5 rings (SSSR count). The van der Waals surface area contributed by atoms with Crippen molar-refractivity contribution in [3.8, 4) is 5.75 Å². The van der Waals surface area contributed by atoms with Crippen LogP contribution in [0.2, 0.25) is 0 Å². The second kappa shape index (κ2) is 9.63. The lowest BCUT2D eigenvalue weighted by molar-refractivity contribution is -0.111. The molecular formula is C30H33NO3. The number of anilines is 1. The number of aldehydes is 1. The summed E-state index contributed by atoms with van der Waals surface area (Å²) in [7, 11) is 0. The van der Waals surface area contributed by atoms with E-state index in [4.69, 9.17) is 4.74 Å². The van der Waals surface area contributed by atoms with Gasteiger partial charge in [0.1, 0.15) is 12.0 Å². The molecule has 176 valence electrons. The first kappa shape index (κ1) is 22.7. The molecule has 0 spiro atoms. The van der Waals surface area contributed by atoms with Gasteiger partial charge in [0.2, 0.25) is 0 Å². The van der Waals surface area contributed by atoms with Crippen molar-refractivity contribution in [2.24, 2.45) is 5.92 Å². The molecule has 0 radical (unpaired) electrons. The second-order valence-electron chi connectivity index (χ2n) is 9.93. The summed E-state index contributed by atoms with van der Waals surface area (Å²) in [6.07, 6.45) is 2.86. The van der Waals surface area contributed by atoms with E-state index in [9.17, 15) is 9.90 Å². The van der Waals surface area contributed by atoms with Gasteiger partial charge >= 0.3 is 0 Å². The van der Waals surface area contributed by atoms with Gasteiger partial charge in [0, 0.05) is 30.6 Å². The van der Waals surface area contributed by atoms with Crippen LogP contribution in [-0.4, -0.2) is 24.5 Å². The summed E-state index contributed by atoms with van der Waals surface area (Å²) >= 11 is 0. The van der Waals surface area contributed by atoms with Crippen LogP contribution in [0, 0.1) is 5.92 Å². The standard InChI is InChI=1S/C30H33NO3/c1-20(2)26-5-3-4-6-28(26)30-29(27-12-11-25(33)17-23(27)19-34-30)22-7-9-24(10-8-22)31-15-13-21(18-32)14-16-31/h3-12,17-18,20-21,29-30,33H,13-16,19H2,1-2H3/t29-,30-/m1/s1. The Kier molecular flexibility index (Phi) is 6.42. The summed E-state index contributed by atoms with van der Waals surface area (Å²) in [6.45, 7) is 6.78. The average Bonchev–Trinajstić information content (AvgIpc) is 2.88. The van der Waals surface area contributed by atoms with Crippen molar-refractivity contribution >= 4 is 12.0 Å². The summed E-state index contributed by atoms with van der Waals surface area (Å²) in [5.41, 5.74) is 7.22. The highest BCUT2D eigenvalue weighted by Gasteiger charge is 2.34. The molecule has 0 amide bonds. The minimum Gasteiger partial charge on any atom is -0.508 e. The third-order valence-corrected chi connectivity index (χ3v) is 7.46. The lowest BCUT2D eigenvalue weighted by atomic mass is 9.77. The SMILES string of the molecule is CC(C)c1ccccc1[C@H]1OCc2cc(O)ccc2[C@H]1c1ccc(N2CCC(C=O)CC2)cc1. The number of phenols is 1. The zero-order chi connectivity index (χ0) is 23.7. The van der Waals surface area contributed by atoms with Gasteiger partial charge in [-0.1, -0.05) is 56.3 Å². The number of nitrogens with zero attached hydrogens (tertiary/aromatic N) is 1. The predicted octanol–water partition coefficient (Wildman–Crippen LogP) is 6.33. The van der Waals surface area contributed by atoms with Crippen molar-refractivity contribution in [3.05, 3.63) is 94.5 Å². The van der Waals surface area contributed by atoms with Gasteiger partial charge in [-0.2, -0.15) is 0 Å². The number of hydrogen-bond donors (Lipinski definition) is 1. The van der Waals surface area contributed by atoms with Crippen molar-refractivity contribution in [1.29, 1.82) is 0 Å². The summed E-state index contributed by atoms with van der Waals surface area (Å²) < 4.78 is 6.52. The third-order valence-electron chi connectivity index (χ3n) is 7.46. The molecule has 3 aromatic rings. The smallest absolute Gasteiger partial charge is 0.123 e. The first-order valence-electron chi connectivity index (χ1n) is 12.4. The molecule has 1 N–H and O–H groups in total. The maximum absolute atomic E-state index is 11.1. The van der Waals surface area contributed by atoms with Crippen molar-refractivity contribution in [1.82, 2.24) is 0 Å². The van der Waals surface area contributed by atoms with Gasteiger partial charge in [0.25, 0.3) is 0 Å². The van der Waals surface area contributed by atoms with Crippen LogP contribution in [0.15, 0.2) is 66.7 Å². The van der Waals surface area contributed by atoms with Gasteiger partial charge < -0.3 is 19.5 Å². The van der Waals surface area contributed by atoms with E-state index in [-0.39, 0.29) is 23.7 Å². The Morgan fingerprint density at radius 3 is 2.41 bits per heavy atom. The highest BCUT2D eigenvalue weighted by Crippen LogP contribution is 2.47. The first-order valence-corrected chi connectivity index (χ1v) is 12.4. The predicted molar refractivity (Wildman–Crippen MR) is 135 cm³/mol. The monoisotopic (exact) mass is 455 g/mol.